The molecular formula is C13H16Br2N2O2. The summed E-state index contributed by atoms with van der Waals surface area (Å²) in [5.74, 6) is -0.0688. The van der Waals surface area contributed by atoms with Gasteiger partial charge in [0.05, 0.1) is 17.8 Å². The van der Waals surface area contributed by atoms with Crippen LogP contribution in [0.25, 0.3) is 0 Å². The first-order valence-electron chi connectivity index (χ1n) is 6.05. The molecule has 0 radical (unpaired) electrons. The van der Waals surface area contributed by atoms with E-state index in [0.29, 0.717) is 19.5 Å². The van der Waals surface area contributed by atoms with Gasteiger partial charge < -0.3 is 10.4 Å². The maximum absolute atomic E-state index is 11.9. The monoisotopic (exact) mass is 390 g/mol. The van der Waals surface area contributed by atoms with E-state index in [2.05, 4.69) is 37.2 Å². The Hall–Kier alpha value is -0.430. The number of aliphatic hydroxyl groups is 1. The number of nitrogens with one attached hydrogen (secondary N) is 1. The maximum atomic E-state index is 11.9. The van der Waals surface area contributed by atoms with Gasteiger partial charge in [-0.2, -0.15) is 0 Å². The first-order valence-corrected chi connectivity index (χ1v) is 7.64. The molecule has 1 fully saturated rings. The summed E-state index contributed by atoms with van der Waals surface area (Å²) in [6.45, 7) is 3.40. The molecule has 0 spiro atoms. The highest BCUT2D eigenvalue weighted by molar-refractivity contribution is 9.11. The average molecular weight is 392 g/mol. The summed E-state index contributed by atoms with van der Waals surface area (Å²) in [5.41, 5.74) is 0.0810. The lowest BCUT2D eigenvalue weighted by Crippen LogP contribution is -2.35. The second-order valence-corrected chi connectivity index (χ2v) is 6.90. The Morgan fingerprint density at radius 3 is 2.84 bits per heavy atom. The number of β-amino-alcohol motifs (C(OH)–C–C–N with tert-alkyl or cyclic N) is 1. The van der Waals surface area contributed by atoms with E-state index in [4.69, 9.17) is 0 Å². The van der Waals surface area contributed by atoms with E-state index in [9.17, 15) is 9.90 Å². The van der Waals surface area contributed by atoms with Crippen LogP contribution in [0.1, 0.15) is 13.3 Å². The molecule has 104 valence electrons. The minimum atomic E-state index is -0.668. The van der Waals surface area contributed by atoms with Crippen molar-refractivity contribution in [1.82, 2.24) is 4.90 Å². The number of likely N-dealkylation sites (tertiary alicyclic amines) is 1. The number of hydrogen-bond donors (Lipinski definition) is 2. The lowest BCUT2D eigenvalue weighted by atomic mass is 10.1. The number of carbonyl (C=O) groups is 1. The van der Waals surface area contributed by atoms with Crippen molar-refractivity contribution in [2.75, 3.05) is 25.0 Å². The van der Waals surface area contributed by atoms with Gasteiger partial charge in [-0.1, -0.05) is 15.9 Å². The molecule has 1 heterocycles. The molecule has 1 saturated heterocycles. The Morgan fingerprint density at radius 1 is 1.53 bits per heavy atom. The van der Waals surface area contributed by atoms with Crippen LogP contribution in [-0.4, -0.2) is 41.1 Å². The Balaban J connectivity index is 1.91. The number of halogens is 2. The molecule has 2 N–H and O–H groups in total. The number of hydrogen-bond acceptors (Lipinski definition) is 3. The van der Waals surface area contributed by atoms with Gasteiger partial charge in [0.1, 0.15) is 0 Å². The van der Waals surface area contributed by atoms with E-state index < -0.39 is 5.60 Å². The number of benzene rings is 1. The fourth-order valence-corrected chi connectivity index (χ4v) is 3.30. The van der Waals surface area contributed by atoms with E-state index in [-0.39, 0.29) is 5.91 Å². The van der Waals surface area contributed by atoms with Crippen LogP contribution in [0.5, 0.6) is 0 Å². The van der Waals surface area contributed by atoms with Gasteiger partial charge in [-0.3, -0.25) is 9.69 Å². The van der Waals surface area contributed by atoms with Crippen LogP contribution >= 0.6 is 31.9 Å². The predicted octanol–water partition coefficient (Wildman–Crippen LogP) is 2.61. The van der Waals surface area contributed by atoms with E-state index in [1.54, 1.807) is 6.92 Å². The number of anilines is 1. The number of rotatable bonds is 3. The van der Waals surface area contributed by atoms with Gasteiger partial charge in [0, 0.05) is 22.0 Å². The quantitative estimate of drug-likeness (QED) is 0.832. The average Bonchev–Trinajstić information content (AvgIpc) is 2.62. The molecule has 0 aliphatic carbocycles. The molecular weight excluding hydrogens is 376 g/mol. The van der Waals surface area contributed by atoms with Crippen molar-refractivity contribution in [3.05, 3.63) is 27.1 Å². The smallest absolute Gasteiger partial charge is 0.238 e. The number of carbonyl (C=O) groups excluding carboxylic acids is 1. The first kappa shape index (κ1) is 15.0. The minimum Gasteiger partial charge on any atom is -0.389 e. The van der Waals surface area contributed by atoms with Gasteiger partial charge in [-0.25, -0.2) is 0 Å². The van der Waals surface area contributed by atoms with Gasteiger partial charge in [0.25, 0.3) is 0 Å². The summed E-state index contributed by atoms with van der Waals surface area (Å²) in [6, 6.07) is 5.60. The molecule has 1 atom stereocenters. The van der Waals surface area contributed by atoms with Crippen LogP contribution < -0.4 is 5.32 Å². The molecule has 1 amide bonds. The number of nitrogens with zero attached hydrogens (tertiary/aromatic N) is 1. The third-order valence-electron chi connectivity index (χ3n) is 3.10. The fourth-order valence-electron chi connectivity index (χ4n) is 2.16. The Labute approximate surface area is 129 Å². The van der Waals surface area contributed by atoms with E-state index in [1.807, 2.05) is 23.1 Å². The normalized spacial score (nSPS) is 23.6. The van der Waals surface area contributed by atoms with Gasteiger partial charge in [0.2, 0.25) is 5.91 Å². The highest BCUT2D eigenvalue weighted by atomic mass is 79.9. The molecule has 6 heteroatoms. The Morgan fingerprint density at radius 2 is 2.26 bits per heavy atom. The molecule has 1 aliphatic rings. The molecule has 4 nitrogen and oxygen atoms in total. The highest BCUT2D eigenvalue weighted by Gasteiger charge is 2.32. The van der Waals surface area contributed by atoms with Crippen LogP contribution in [-0.2, 0) is 4.79 Å². The largest absolute Gasteiger partial charge is 0.389 e. The lowest BCUT2D eigenvalue weighted by molar-refractivity contribution is -0.117. The van der Waals surface area contributed by atoms with Crippen molar-refractivity contribution in [2.45, 2.75) is 18.9 Å². The molecule has 1 aromatic rings. The standard InChI is InChI=1S/C13H16Br2N2O2/c1-13(19)4-5-17(8-13)7-12(18)16-11-3-2-9(14)6-10(11)15/h2-3,6,19H,4-5,7-8H2,1H3,(H,16,18). The molecule has 1 aliphatic heterocycles. The van der Waals surface area contributed by atoms with Crippen molar-refractivity contribution in [2.24, 2.45) is 0 Å². The summed E-state index contributed by atoms with van der Waals surface area (Å²) in [5, 5.41) is 12.7. The van der Waals surface area contributed by atoms with Crippen LogP contribution in [0, 0.1) is 0 Å². The second-order valence-electron chi connectivity index (χ2n) is 5.13. The Bertz CT molecular complexity index is 492. The molecule has 0 saturated carbocycles. The lowest BCUT2D eigenvalue weighted by Gasteiger charge is -2.18. The molecule has 1 unspecified atom stereocenters. The van der Waals surface area contributed by atoms with Crippen molar-refractivity contribution < 1.29 is 9.90 Å². The molecule has 2 rings (SSSR count). The van der Waals surface area contributed by atoms with E-state index >= 15 is 0 Å². The zero-order chi connectivity index (χ0) is 14.0. The van der Waals surface area contributed by atoms with Gasteiger partial charge in [0.15, 0.2) is 0 Å². The van der Waals surface area contributed by atoms with Crippen LogP contribution in [0.3, 0.4) is 0 Å². The highest BCUT2D eigenvalue weighted by Crippen LogP contribution is 2.26. The summed E-state index contributed by atoms with van der Waals surface area (Å²) >= 11 is 6.78. The second kappa shape index (κ2) is 5.91. The first-order chi connectivity index (χ1) is 8.85. The third-order valence-corrected chi connectivity index (χ3v) is 4.25. The van der Waals surface area contributed by atoms with E-state index in [1.165, 1.54) is 0 Å². The SMILES string of the molecule is CC1(O)CCN(CC(=O)Nc2ccc(Br)cc2Br)C1. The molecule has 1 aromatic carbocycles. The third kappa shape index (κ3) is 4.27. The topological polar surface area (TPSA) is 52.6 Å². The summed E-state index contributed by atoms with van der Waals surface area (Å²) in [7, 11) is 0. The zero-order valence-corrected chi connectivity index (χ0v) is 13.8. The van der Waals surface area contributed by atoms with Gasteiger partial charge in [-0.05, 0) is 47.5 Å². The number of amides is 1. The van der Waals surface area contributed by atoms with Crippen molar-refractivity contribution in [1.29, 1.82) is 0 Å². The molecule has 0 bridgehead atoms. The van der Waals surface area contributed by atoms with Gasteiger partial charge >= 0.3 is 0 Å². The van der Waals surface area contributed by atoms with Crippen molar-refractivity contribution in [3.8, 4) is 0 Å². The van der Waals surface area contributed by atoms with E-state index in [0.717, 1.165) is 21.2 Å². The zero-order valence-electron chi connectivity index (χ0n) is 10.6. The maximum Gasteiger partial charge on any atom is 0.238 e. The summed E-state index contributed by atoms with van der Waals surface area (Å²) in [6.07, 6.45) is 0.711. The predicted molar refractivity (Wildman–Crippen MR) is 82.2 cm³/mol. The van der Waals surface area contributed by atoms with Crippen LogP contribution in [0.4, 0.5) is 5.69 Å². The van der Waals surface area contributed by atoms with Crippen LogP contribution in [0.2, 0.25) is 0 Å². The molecule has 0 aromatic heterocycles. The van der Waals surface area contributed by atoms with Crippen LogP contribution in [0.15, 0.2) is 27.1 Å². The fraction of sp³-hybridized carbons (Fsp3) is 0.462. The van der Waals surface area contributed by atoms with Crippen molar-refractivity contribution in [3.63, 3.8) is 0 Å². The Kier molecular flexibility index (Phi) is 4.66. The minimum absolute atomic E-state index is 0.0688. The van der Waals surface area contributed by atoms with Gasteiger partial charge in [-0.15, -0.1) is 0 Å². The summed E-state index contributed by atoms with van der Waals surface area (Å²) in [4.78, 5) is 13.9. The molecule has 19 heavy (non-hydrogen) atoms. The summed E-state index contributed by atoms with van der Waals surface area (Å²) < 4.78 is 1.79. The van der Waals surface area contributed by atoms with Crippen molar-refractivity contribution >= 4 is 43.5 Å².